The van der Waals surface area contributed by atoms with Gasteiger partial charge in [-0.3, -0.25) is 0 Å². The van der Waals surface area contributed by atoms with Gasteiger partial charge in [-0.2, -0.15) is 11.3 Å². The summed E-state index contributed by atoms with van der Waals surface area (Å²) >= 11 is 7.01. The molecule has 0 spiro atoms. The molecule has 2 nitrogen and oxygen atoms in total. The van der Waals surface area contributed by atoms with Crippen molar-refractivity contribution in [1.29, 1.82) is 0 Å². The molecule has 1 unspecified atom stereocenters. The smallest absolute Gasteiger partial charge is 0.131 e. The minimum atomic E-state index is 0.353. The van der Waals surface area contributed by atoms with E-state index in [1.807, 2.05) is 0 Å². The fraction of sp³-hybridized carbons (Fsp3) is 0.400. The van der Waals surface area contributed by atoms with E-state index in [0.717, 1.165) is 22.9 Å². The summed E-state index contributed by atoms with van der Waals surface area (Å²) in [5, 5.41) is 14.8. The van der Waals surface area contributed by atoms with E-state index in [1.165, 1.54) is 5.56 Å². The molecule has 0 bridgehead atoms. The predicted molar refractivity (Wildman–Crippen MR) is 69.0 cm³/mol. The molecule has 2 rings (SSSR count). The van der Waals surface area contributed by atoms with Gasteiger partial charge in [-0.1, -0.05) is 34.2 Å². The Bertz CT molecular complexity index is 411. The number of aromatic nitrogens is 2. The van der Waals surface area contributed by atoms with Crippen LogP contribution >= 0.6 is 38.6 Å². The van der Waals surface area contributed by atoms with Crippen LogP contribution in [0.15, 0.2) is 16.8 Å². The SMILES string of the molecule is CCC(Br)c1nnc(Cc2ccsc2)s1. The quantitative estimate of drug-likeness (QED) is 0.797. The molecule has 5 heteroatoms. The first-order valence-electron chi connectivity index (χ1n) is 4.77. The van der Waals surface area contributed by atoms with Gasteiger partial charge in [-0.05, 0) is 28.8 Å². The Balaban J connectivity index is 2.07. The van der Waals surface area contributed by atoms with Crippen LogP contribution in [0.4, 0.5) is 0 Å². The Kier molecular flexibility index (Phi) is 3.88. The molecule has 0 aliphatic carbocycles. The third kappa shape index (κ3) is 2.86. The summed E-state index contributed by atoms with van der Waals surface area (Å²) in [5.41, 5.74) is 1.32. The van der Waals surface area contributed by atoms with Gasteiger partial charge in [-0.15, -0.1) is 10.2 Å². The molecule has 0 aliphatic heterocycles. The van der Waals surface area contributed by atoms with Crippen LogP contribution in [0.1, 0.15) is 33.8 Å². The lowest BCUT2D eigenvalue weighted by molar-refractivity contribution is 0.862. The van der Waals surface area contributed by atoms with Gasteiger partial charge in [-0.25, -0.2) is 0 Å². The minimum absolute atomic E-state index is 0.353. The topological polar surface area (TPSA) is 25.8 Å². The lowest BCUT2D eigenvalue weighted by Gasteiger charge is -1.97. The second-order valence-electron chi connectivity index (χ2n) is 3.22. The maximum atomic E-state index is 4.20. The highest BCUT2D eigenvalue weighted by Crippen LogP contribution is 2.29. The molecule has 1 atom stereocenters. The number of alkyl halides is 1. The zero-order chi connectivity index (χ0) is 10.7. The molecule has 0 saturated carbocycles. The van der Waals surface area contributed by atoms with E-state index in [1.54, 1.807) is 22.7 Å². The summed E-state index contributed by atoms with van der Waals surface area (Å²) in [6.45, 7) is 2.14. The zero-order valence-electron chi connectivity index (χ0n) is 8.31. The molecule has 0 amide bonds. The highest BCUT2D eigenvalue weighted by molar-refractivity contribution is 9.09. The highest BCUT2D eigenvalue weighted by atomic mass is 79.9. The summed E-state index contributed by atoms with van der Waals surface area (Å²) < 4.78 is 0. The monoisotopic (exact) mass is 302 g/mol. The second-order valence-corrected chi connectivity index (χ2v) is 6.20. The van der Waals surface area contributed by atoms with Gasteiger partial charge in [0.2, 0.25) is 0 Å². The third-order valence-electron chi connectivity index (χ3n) is 2.04. The van der Waals surface area contributed by atoms with E-state index < -0.39 is 0 Å². The van der Waals surface area contributed by atoms with Crippen LogP contribution in [-0.2, 0) is 6.42 Å². The highest BCUT2D eigenvalue weighted by Gasteiger charge is 2.11. The van der Waals surface area contributed by atoms with E-state index in [-0.39, 0.29) is 0 Å². The molecule has 0 saturated heterocycles. The Morgan fingerprint density at radius 3 is 3.00 bits per heavy atom. The van der Waals surface area contributed by atoms with Gasteiger partial charge in [0.25, 0.3) is 0 Å². The van der Waals surface area contributed by atoms with Gasteiger partial charge in [0, 0.05) is 6.42 Å². The predicted octanol–water partition coefficient (Wildman–Crippen LogP) is 4.04. The third-order valence-corrected chi connectivity index (χ3v) is 5.20. The largest absolute Gasteiger partial charge is 0.152 e. The molecule has 2 aromatic heterocycles. The normalized spacial score (nSPS) is 12.9. The van der Waals surface area contributed by atoms with Crippen molar-refractivity contribution >= 4 is 38.6 Å². The van der Waals surface area contributed by atoms with Crippen molar-refractivity contribution in [3.8, 4) is 0 Å². The van der Waals surface area contributed by atoms with Crippen molar-refractivity contribution in [1.82, 2.24) is 10.2 Å². The van der Waals surface area contributed by atoms with Crippen LogP contribution in [0.2, 0.25) is 0 Å². The van der Waals surface area contributed by atoms with Crippen LogP contribution in [0.25, 0.3) is 0 Å². The number of hydrogen-bond acceptors (Lipinski definition) is 4. The molecule has 15 heavy (non-hydrogen) atoms. The molecule has 80 valence electrons. The molecule has 2 aromatic rings. The van der Waals surface area contributed by atoms with Gasteiger partial charge >= 0.3 is 0 Å². The Morgan fingerprint density at radius 2 is 2.33 bits per heavy atom. The Hall–Kier alpha value is -0.260. The van der Waals surface area contributed by atoms with E-state index in [4.69, 9.17) is 0 Å². The molecule has 0 radical (unpaired) electrons. The van der Waals surface area contributed by atoms with Crippen LogP contribution in [0.5, 0.6) is 0 Å². The summed E-state index contributed by atoms with van der Waals surface area (Å²) in [4.78, 5) is 0.353. The van der Waals surface area contributed by atoms with Gasteiger partial charge < -0.3 is 0 Å². The molecular weight excluding hydrogens is 292 g/mol. The van der Waals surface area contributed by atoms with Crippen molar-refractivity contribution in [2.24, 2.45) is 0 Å². The summed E-state index contributed by atoms with van der Waals surface area (Å²) in [6.07, 6.45) is 1.96. The van der Waals surface area contributed by atoms with Gasteiger partial charge in [0.1, 0.15) is 10.0 Å². The van der Waals surface area contributed by atoms with Crippen LogP contribution in [-0.4, -0.2) is 10.2 Å². The summed E-state index contributed by atoms with van der Waals surface area (Å²) in [6, 6.07) is 2.14. The van der Waals surface area contributed by atoms with Gasteiger partial charge in [0.05, 0.1) is 4.83 Å². The summed E-state index contributed by atoms with van der Waals surface area (Å²) in [7, 11) is 0. The summed E-state index contributed by atoms with van der Waals surface area (Å²) in [5.74, 6) is 0. The molecule has 0 fully saturated rings. The van der Waals surface area contributed by atoms with Crippen LogP contribution in [0.3, 0.4) is 0 Å². The lowest BCUT2D eigenvalue weighted by Crippen LogP contribution is -1.85. The molecule has 2 heterocycles. The fourth-order valence-corrected chi connectivity index (χ4v) is 3.19. The maximum Gasteiger partial charge on any atom is 0.131 e. The van der Waals surface area contributed by atoms with E-state index in [9.17, 15) is 0 Å². The van der Waals surface area contributed by atoms with Crippen molar-refractivity contribution in [2.45, 2.75) is 24.6 Å². The van der Waals surface area contributed by atoms with Crippen molar-refractivity contribution in [3.63, 3.8) is 0 Å². The Morgan fingerprint density at radius 1 is 1.47 bits per heavy atom. The Labute approximate surface area is 106 Å². The number of thiophene rings is 1. The molecule has 0 aromatic carbocycles. The average molecular weight is 303 g/mol. The number of halogens is 1. The zero-order valence-corrected chi connectivity index (χ0v) is 11.5. The molecule has 0 aliphatic rings. The fourth-order valence-electron chi connectivity index (χ4n) is 1.21. The minimum Gasteiger partial charge on any atom is -0.152 e. The first kappa shape index (κ1) is 11.2. The standard InChI is InChI=1S/C10H11BrN2S2/c1-2-8(11)10-13-12-9(15-10)5-7-3-4-14-6-7/h3-4,6,8H,2,5H2,1H3. The molecule has 0 N–H and O–H groups in total. The molecular formula is C10H11BrN2S2. The van der Waals surface area contributed by atoms with Crippen LogP contribution < -0.4 is 0 Å². The first-order valence-corrected chi connectivity index (χ1v) is 7.44. The number of nitrogens with zero attached hydrogens (tertiary/aromatic N) is 2. The van der Waals surface area contributed by atoms with Crippen LogP contribution in [0, 0.1) is 0 Å². The maximum absolute atomic E-state index is 4.20. The van der Waals surface area contributed by atoms with E-state index in [2.05, 4.69) is 49.9 Å². The average Bonchev–Trinajstić information content (AvgIpc) is 2.88. The van der Waals surface area contributed by atoms with Crippen molar-refractivity contribution < 1.29 is 0 Å². The van der Waals surface area contributed by atoms with Crippen molar-refractivity contribution in [3.05, 3.63) is 32.4 Å². The van der Waals surface area contributed by atoms with Crippen molar-refractivity contribution in [2.75, 3.05) is 0 Å². The van der Waals surface area contributed by atoms with E-state index in [0.29, 0.717) is 4.83 Å². The number of hydrogen-bond donors (Lipinski definition) is 0. The van der Waals surface area contributed by atoms with Gasteiger partial charge in [0.15, 0.2) is 0 Å². The second kappa shape index (κ2) is 5.18. The number of rotatable bonds is 4. The van der Waals surface area contributed by atoms with E-state index >= 15 is 0 Å². The lowest BCUT2D eigenvalue weighted by atomic mass is 10.3. The first-order chi connectivity index (χ1) is 7.29.